The Bertz CT molecular complexity index is 1190. The number of rotatable bonds is 6. The molecule has 8 heteroatoms. The van der Waals surface area contributed by atoms with Crippen molar-refractivity contribution in [1.82, 2.24) is 15.0 Å². The molecule has 0 aliphatic carbocycles. The SMILES string of the molecule is COc1ccc(N(CCN)C(=O)Nc2ccc(-c3ncnc4[nH]cc(C)c34)cc2)cc1. The fourth-order valence-electron chi connectivity index (χ4n) is 3.48. The summed E-state index contributed by atoms with van der Waals surface area (Å²) in [6.07, 6.45) is 3.46. The lowest BCUT2D eigenvalue weighted by Gasteiger charge is -2.23. The second-order valence-electron chi connectivity index (χ2n) is 7.06. The Balaban J connectivity index is 1.54. The van der Waals surface area contributed by atoms with Crippen molar-refractivity contribution in [2.24, 2.45) is 5.73 Å². The molecule has 31 heavy (non-hydrogen) atoms. The summed E-state index contributed by atoms with van der Waals surface area (Å²) >= 11 is 0. The number of H-pyrrole nitrogens is 1. The van der Waals surface area contributed by atoms with Crippen LogP contribution in [0.4, 0.5) is 16.2 Å². The van der Waals surface area contributed by atoms with Gasteiger partial charge in [-0.25, -0.2) is 14.8 Å². The fourth-order valence-corrected chi connectivity index (χ4v) is 3.48. The molecular weight excluding hydrogens is 392 g/mol. The van der Waals surface area contributed by atoms with Crippen molar-refractivity contribution < 1.29 is 9.53 Å². The second-order valence-corrected chi connectivity index (χ2v) is 7.06. The van der Waals surface area contributed by atoms with E-state index in [1.54, 1.807) is 18.3 Å². The lowest BCUT2D eigenvalue weighted by Crippen LogP contribution is -2.38. The number of ether oxygens (including phenoxy) is 1. The van der Waals surface area contributed by atoms with E-state index in [4.69, 9.17) is 10.5 Å². The van der Waals surface area contributed by atoms with Gasteiger partial charge in [0.2, 0.25) is 0 Å². The molecule has 2 aromatic heterocycles. The molecule has 8 nitrogen and oxygen atoms in total. The maximum Gasteiger partial charge on any atom is 0.326 e. The molecule has 0 bridgehead atoms. The van der Waals surface area contributed by atoms with Crippen LogP contribution in [0, 0.1) is 6.92 Å². The zero-order chi connectivity index (χ0) is 21.8. The van der Waals surface area contributed by atoms with E-state index in [0.29, 0.717) is 18.8 Å². The maximum absolute atomic E-state index is 12.9. The van der Waals surface area contributed by atoms with Crippen molar-refractivity contribution in [3.8, 4) is 17.0 Å². The van der Waals surface area contributed by atoms with Crippen molar-refractivity contribution in [2.45, 2.75) is 6.92 Å². The Kier molecular flexibility index (Phi) is 5.81. The quantitative estimate of drug-likeness (QED) is 0.441. The highest BCUT2D eigenvalue weighted by Gasteiger charge is 2.16. The summed E-state index contributed by atoms with van der Waals surface area (Å²) in [4.78, 5) is 26.4. The Labute approximate surface area is 180 Å². The third-order valence-electron chi connectivity index (χ3n) is 5.06. The van der Waals surface area contributed by atoms with E-state index in [9.17, 15) is 4.79 Å². The first-order valence-corrected chi connectivity index (χ1v) is 9.92. The standard InChI is InChI=1S/C23H24N6O2/c1-15-13-25-22-20(15)21(26-14-27-22)16-3-5-17(6-4-16)28-23(30)29(12-11-24)18-7-9-19(31-2)10-8-18/h3-10,13-14H,11-12,24H2,1-2H3,(H,28,30)(H,25,26,27). The molecule has 2 amide bonds. The number of benzene rings is 2. The number of amides is 2. The number of urea groups is 1. The summed E-state index contributed by atoms with van der Waals surface area (Å²) in [5, 5.41) is 3.93. The molecule has 2 aromatic carbocycles. The minimum Gasteiger partial charge on any atom is -0.497 e. The van der Waals surface area contributed by atoms with Gasteiger partial charge in [-0.15, -0.1) is 0 Å². The van der Waals surface area contributed by atoms with Crippen molar-refractivity contribution >= 4 is 28.4 Å². The number of aromatic amines is 1. The third kappa shape index (κ3) is 4.19. The number of nitrogens with zero attached hydrogens (tertiary/aromatic N) is 3. The number of aromatic nitrogens is 3. The van der Waals surface area contributed by atoms with Gasteiger partial charge in [-0.2, -0.15) is 0 Å². The van der Waals surface area contributed by atoms with Gasteiger partial charge in [0, 0.05) is 41.6 Å². The van der Waals surface area contributed by atoms with Crippen LogP contribution in [-0.4, -0.2) is 41.2 Å². The molecule has 0 aliphatic heterocycles. The van der Waals surface area contributed by atoms with Gasteiger partial charge in [-0.05, 0) is 48.9 Å². The Morgan fingerprint density at radius 3 is 2.55 bits per heavy atom. The van der Waals surface area contributed by atoms with Gasteiger partial charge in [-0.3, -0.25) is 4.90 Å². The Morgan fingerprint density at radius 2 is 1.87 bits per heavy atom. The van der Waals surface area contributed by atoms with Crippen LogP contribution >= 0.6 is 0 Å². The van der Waals surface area contributed by atoms with Gasteiger partial charge in [0.1, 0.15) is 17.7 Å². The molecule has 4 aromatic rings. The molecule has 0 atom stereocenters. The predicted molar refractivity (Wildman–Crippen MR) is 122 cm³/mol. The largest absolute Gasteiger partial charge is 0.497 e. The van der Waals surface area contributed by atoms with Crippen molar-refractivity contribution in [2.75, 3.05) is 30.4 Å². The number of nitrogens with one attached hydrogen (secondary N) is 2. The van der Waals surface area contributed by atoms with E-state index in [1.807, 2.05) is 61.7 Å². The molecule has 0 unspecified atom stereocenters. The molecule has 4 N–H and O–H groups in total. The maximum atomic E-state index is 12.9. The number of aryl methyl sites for hydroxylation is 1. The summed E-state index contributed by atoms with van der Waals surface area (Å²) in [6, 6.07) is 14.6. The number of hydrogen-bond donors (Lipinski definition) is 3. The Morgan fingerprint density at radius 1 is 1.13 bits per heavy atom. The Hall–Kier alpha value is -3.91. The zero-order valence-corrected chi connectivity index (χ0v) is 17.4. The van der Waals surface area contributed by atoms with Crippen LogP contribution in [0.25, 0.3) is 22.3 Å². The van der Waals surface area contributed by atoms with E-state index < -0.39 is 0 Å². The van der Waals surface area contributed by atoms with Gasteiger partial charge >= 0.3 is 6.03 Å². The third-order valence-corrected chi connectivity index (χ3v) is 5.06. The number of nitrogens with two attached hydrogens (primary N) is 1. The zero-order valence-electron chi connectivity index (χ0n) is 17.4. The first kappa shape index (κ1) is 20.4. The van der Waals surface area contributed by atoms with Crippen molar-refractivity contribution in [1.29, 1.82) is 0 Å². The van der Waals surface area contributed by atoms with Crippen LogP contribution in [0.2, 0.25) is 0 Å². The van der Waals surface area contributed by atoms with Crippen LogP contribution in [-0.2, 0) is 0 Å². The minimum absolute atomic E-state index is 0.255. The number of fused-ring (bicyclic) bond motifs is 1. The number of carbonyl (C=O) groups is 1. The number of hydrogen-bond acceptors (Lipinski definition) is 5. The van der Waals surface area contributed by atoms with Gasteiger partial charge in [0.05, 0.1) is 12.8 Å². The van der Waals surface area contributed by atoms with E-state index in [1.165, 1.54) is 0 Å². The summed E-state index contributed by atoms with van der Waals surface area (Å²) in [5.41, 5.74) is 10.8. The molecule has 0 saturated carbocycles. The van der Waals surface area contributed by atoms with E-state index in [0.717, 1.165) is 39.3 Å². The van der Waals surface area contributed by atoms with Crippen LogP contribution in [0.3, 0.4) is 0 Å². The highest BCUT2D eigenvalue weighted by atomic mass is 16.5. The molecule has 0 spiro atoms. The number of anilines is 2. The summed E-state index contributed by atoms with van der Waals surface area (Å²) in [7, 11) is 1.60. The van der Waals surface area contributed by atoms with Gasteiger partial charge in [0.25, 0.3) is 0 Å². The number of methoxy groups -OCH3 is 1. The van der Waals surface area contributed by atoms with Crippen LogP contribution in [0.15, 0.2) is 61.1 Å². The first-order chi connectivity index (χ1) is 15.1. The van der Waals surface area contributed by atoms with Gasteiger partial charge < -0.3 is 20.8 Å². The molecule has 0 radical (unpaired) electrons. The van der Waals surface area contributed by atoms with Gasteiger partial charge in [-0.1, -0.05) is 12.1 Å². The minimum atomic E-state index is -0.255. The second kappa shape index (κ2) is 8.85. The summed E-state index contributed by atoms with van der Waals surface area (Å²) in [5.74, 6) is 0.726. The average Bonchev–Trinajstić information content (AvgIpc) is 3.19. The predicted octanol–water partition coefficient (Wildman–Crippen LogP) is 3.94. The molecule has 0 saturated heterocycles. The molecular formula is C23H24N6O2. The highest BCUT2D eigenvalue weighted by Crippen LogP contribution is 2.28. The van der Waals surface area contributed by atoms with Crippen molar-refractivity contribution in [3.05, 3.63) is 66.6 Å². The normalized spacial score (nSPS) is 10.8. The smallest absolute Gasteiger partial charge is 0.326 e. The fraction of sp³-hybridized carbons (Fsp3) is 0.174. The number of carbonyl (C=O) groups excluding carboxylic acids is 1. The lowest BCUT2D eigenvalue weighted by atomic mass is 10.1. The first-order valence-electron chi connectivity index (χ1n) is 9.92. The van der Waals surface area contributed by atoms with Crippen molar-refractivity contribution in [3.63, 3.8) is 0 Å². The van der Waals surface area contributed by atoms with Crippen LogP contribution in [0.5, 0.6) is 5.75 Å². The van der Waals surface area contributed by atoms with E-state index >= 15 is 0 Å². The average molecular weight is 416 g/mol. The molecule has 4 rings (SSSR count). The highest BCUT2D eigenvalue weighted by molar-refractivity contribution is 6.02. The van der Waals surface area contributed by atoms with Gasteiger partial charge in [0.15, 0.2) is 0 Å². The molecule has 0 fully saturated rings. The topological polar surface area (TPSA) is 109 Å². The van der Waals surface area contributed by atoms with Crippen LogP contribution in [0.1, 0.15) is 5.56 Å². The lowest BCUT2D eigenvalue weighted by molar-refractivity contribution is 0.257. The molecule has 158 valence electrons. The molecule has 0 aliphatic rings. The van der Waals surface area contributed by atoms with E-state index in [2.05, 4.69) is 20.3 Å². The summed E-state index contributed by atoms with van der Waals surface area (Å²) < 4.78 is 5.19. The monoisotopic (exact) mass is 416 g/mol. The summed E-state index contributed by atoms with van der Waals surface area (Å²) in [6.45, 7) is 2.76. The van der Waals surface area contributed by atoms with E-state index in [-0.39, 0.29) is 6.03 Å². The van der Waals surface area contributed by atoms with Crippen LogP contribution < -0.4 is 20.7 Å². The molecule has 2 heterocycles.